The molecule has 1 aromatic heterocycles. The zero-order valence-corrected chi connectivity index (χ0v) is 25.7. The lowest BCUT2D eigenvalue weighted by molar-refractivity contribution is -0.139. The van der Waals surface area contributed by atoms with Crippen LogP contribution in [0.25, 0.3) is 16.8 Å². The monoisotopic (exact) mass is 606 g/mol. The molecule has 0 unspecified atom stereocenters. The molecule has 0 fully saturated rings. The number of carbonyl (C=O) groups is 1. The van der Waals surface area contributed by atoms with Crippen molar-refractivity contribution < 1.29 is 14.3 Å². The Hall–Kier alpha value is -4.40. The second-order valence-corrected chi connectivity index (χ2v) is 11.9. The van der Waals surface area contributed by atoms with Crippen LogP contribution in [0.3, 0.4) is 0 Å². The van der Waals surface area contributed by atoms with Gasteiger partial charge in [0.25, 0.3) is 5.56 Å². The molecule has 1 atom stereocenters. The van der Waals surface area contributed by atoms with Crippen molar-refractivity contribution in [3.8, 4) is 5.75 Å². The summed E-state index contributed by atoms with van der Waals surface area (Å²) in [5.41, 5.74) is 3.38. The van der Waals surface area contributed by atoms with E-state index >= 15 is 0 Å². The molecular formula is C35H30N2O4S2. The van der Waals surface area contributed by atoms with Crippen molar-refractivity contribution in [1.82, 2.24) is 4.57 Å². The average Bonchev–Trinajstić information content (AvgIpc) is 3.34. The first kappa shape index (κ1) is 28.7. The van der Waals surface area contributed by atoms with Crippen LogP contribution in [-0.2, 0) is 16.1 Å². The lowest BCUT2D eigenvalue weighted by atomic mass is 9.96. The minimum Gasteiger partial charge on any atom is -0.488 e. The number of ether oxygens (including phenoxy) is 2. The Labute approximate surface area is 257 Å². The standard InChI is InChI=1S/C35H30N2O4S2/c1-4-40-34(39)31-22(2)36-35-37(32(31)25-14-17-26(42-3)18-15-25)33(38)30(43-35)20-28-27-13-9-8-12-24(27)16-19-29(28)41-21-23-10-6-5-7-11-23/h5-20,32H,4,21H2,1-3H3/b30-20-/t32-/m1/s1. The van der Waals surface area contributed by atoms with Gasteiger partial charge in [0.1, 0.15) is 12.4 Å². The van der Waals surface area contributed by atoms with E-state index in [1.807, 2.05) is 103 Å². The van der Waals surface area contributed by atoms with Gasteiger partial charge in [0.05, 0.1) is 28.5 Å². The number of esters is 1. The summed E-state index contributed by atoms with van der Waals surface area (Å²) in [6.07, 6.45) is 3.90. The lowest BCUT2D eigenvalue weighted by Crippen LogP contribution is -2.39. The van der Waals surface area contributed by atoms with Crippen molar-refractivity contribution in [2.75, 3.05) is 12.9 Å². The molecule has 216 valence electrons. The molecule has 0 aliphatic carbocycles. The van der Waals surface area contributed by atoms with Crippen molar-refractivity contribution in [3.63, 3.8) is 0 Å². The molecule has 1 aliphatic rings. The zero-order chi connectivity index (χ0) is 29.9. The molecule has 0 bridgehead atoms. The summed E-state index contributed by atoms with van der Waals surface area (Å²) in [5, 5.41) is 2.02. The molecule has 0 saturated heterocycles. The topological polar surface area (TPSA) is 69.9 Å². The summed E-state index contributed by atoms with van der Waals surface area (Å²) in [4.78, 5) is 33.8. The van der Waals surface area contributed by atoms with Crippen molar-refractivity contribution >= 4 is 45.9 Å². The summed E-state index contributed by atoms with van der Waals surface area (Å²) < 4.78 is 13.9. The van der Waals surface area contributed by atoms with Gasteiger partial charge in [0, 0.05) is 10.5 Å². The highest BCUT2D eigenvalue weighted by molar-refractivity contribution is 7.98. The first-order valence-corrected chi connectivity index (χ1v) is 16.0. The van der Waals surface area contributed by atoms with E-state index < -0.39 is 12.0 Å². The smallest absolute Gasteiger partial charge is 0.338 e. The van der Waals surface area contributed by atoms with Gasteiger partial charge in [-0.05, 0) is 66.3 Å². The Morgan fingerprint density at radius 1 is 1.00 bits per heavy atom. The molecular weight excluding hydrogens is 577 g/mol. The van der Waals surface area contributed by atoms with Crippen LogP contribution in [0.1, 0.15) is 36.6 Å². The van der Waals surface area contributed by atoms with E-state index in [1.165, 1.54) is 11.3 Å². The summed E-state index contributed by atoms with van der Waals surface area (Å²) in [5.74, 6) is 0.212. The first-order valence-electron chi connectivity index (χ1n) is 14.0. The highest BCUT2D eigenvalue weighted by atomic mass is 32.2. The van der Waals surface area contributed by atoms with Gasteiger partial charge < -0.3 is 9.47 Å². The quantitative estimate of drug-likeness (QED) is 0.154. The Morgan fingerprint density at radius 2 is 1.74 bits per heavy atom. The minimum atomic E-state index is -0.658. The fraction of sp³-hybridized carbons (Fsp3) is 0.171. The molecule has 0 spiro atoms. The van der Waals surface area contributed by atoms with Gasteiger partial charge in [0.2, 0.25) is 0 Å². The number of aromatic nitrogens is 1. The van der Waals surface area contributed by atoms with E-state index in [1.54, 1.807) is 30.2 Å². The maximum atomic E-state index is 14.2. The van der Waals surface area contributed by atoms with Crippen LogP contribution >= 0.6 is 23.1 Å². The van der Waals surface area contributed by atoms with Crippen LogP contribution in [0.2, 0.25) is 0 Å². The second-order valence-electron chi connectivity index (χ2n) is 10.0. The summed E-state index contributed by atoms with van der Waals surface area (Å²) in [6.45, 7) is 4.19. The molecule has 0 saturated carbocycles. The minimum absolute atomic E-state index is 0.223. The molecule has 8 heteroatoms. The molecule has 1 aliphatic heterocycles. The summed E-state index contributed by atoms with van der Waals surface area (Å²) in [7, 11) is 0. The molecule has 6 rings (SSSR count). The number of thioether (sulfide) groups is 1. The van der Waals surface area contributed by atoms with Gasteiger partial charge in [-0.3, -0.25) is 9.36 Å². The number of fused-ring (bicyclic) bond motifs is 2. The maximum Gasteiger partial charge on any atom is 0.338 e. The Bertz CT molecular complexity index is 2030. The van der Waals surface area contributed by atoms with Crippen LogP contribution in [0.15, 0.2) is 117 Å². The predicted molar refractivity (Wildman–Crippen MR) is 173 cm³/mol. The average molecular weight is 607 g/mol. The van der Waals surface area contributed by atoms with Crippen LogP contribution in [0.5, 0.6) is 5.75 Å². The third kappa shape index (κ3) is 5.68. The number of allylic oxidation sites excluding steroid dienone is 1. The second kappa shape index (κ2) is 12.5. The number of benzene rings is 4. The van der Waals surface area contributed by atoms with Gasteiger partial charge in [-0.25, -0.2) is 9.79 Å². The number of hydrogen-bond donors (Lipinski definition) is 0. The molecule has 0 radical (unpaired) electrons. The summed E-state index contributed by atoms with van der Waals surface area (Å²) in [6, 6.07) is 29.3. The molecule has 6 nitrogen and oxygen atoms in total. The highest BCUT2D eigenvalue weighted by Gasteiger charge is 2.33. The largest absolute Gasteiger partial charge is 0.488 e. The van der Waals surface area contributed by atoms with E-state index in [0.29, 0.717) is 33.0 Å². The van der Waals surface area contributed by atoms with Gasteiger partial charge in [-0.2, -0.15) is 0 Å². The van der Waals surface area contributed by atoms with Gasteiger partial charge >= 0.3 is 5.97 Å². The fourth-order valence-corrected chi connectivity index (χ4v) is 6.75. The van der Waals surface area contributed by atoms with Crippen molar-refractivity contribution in [3.05, 3.63) is 139 Å². The van der Waals surface area contributed by atoms with Gasteiger partial charge in [-0.15, -0.1) is 11.8 Å². The molecule has 4 aromatic carbocycles. The predicted octanol–water partition coefficient (Wildman–Crippen LogP) is 6.25. The molecule has 43 heavy (non-hydrogen) atoms. The number of carbonyl (C=O) groups excluding carboxylic acids is 1. The molecule has 2 heterocycles. The zero-order valence-electron chi connectivity index (χ0n) is 24.1. The Balaban J connectivity index is 1.53. The van der Waals surface area contributed by atoms with E-state index in [9.17, 15) is 9.59 Å². The fourth-order valence-electron chi connectivity index (χ4n) is 5.31. The van der Waals surface area contributed by atoms with E-state index in [0.717, 1.165) is 32.4 Å². The van der Waals surface area contributed by atoms with E-state index in [-0.39, 0.29) is 12.2 Å². The number of hydrogen-bond acceptors (Lipinski definition) is 7. The van der Waals surface area contributed by atoms with Crippen molar-refractivity contribution in [1.29, 1.82) is 0 Å². The Morgan fingerprint density at radius 3 is 2.49 bits per heavy atom. The Kier molecular flexibility index (Phi) is 8.31. The summed E-state index contributed by atoms with van der Waals surface area (Å²) >= 11 is 2.94. The van der Waals surface area contributed by atoms with Crippen molar-refractivity contribution in [2.24, 2.45) is 4.99 Å². The third-order valence-electron chi connectivity index (χ3n) is 7.39. The van der Waals surface area contributed by atoms with Gasteiger partial charge in [0.15, 0.2) is 4.80 Å². The highest BCUT2D eigenvalue weighted by Crippen LogP contribution is 2.32. The SMILES string of the molecule is CCOC(=O)C1=C(C)N=c2s/c(=C\c3c(OCc4ccccc4)ccc4ccccc34)c(=O)n2[C@@H]1c1ccc(SC)cc1. The van der Waals surface area contributed by atoms with E-state index in [4.69, 9.17) is 14.5 Å². The third-order valence-corrected chi connectivity index (χ3v) is 9.12. The lowest BCUT2D eigenvalue weighted by Gasteiger charge is -2.24. The van der Waals surface area contributed by atoms with Crippen LogP contribution in [0.4, 0.5) is 0 Å². The van der Waals surface area contributed by atoms with E-state index in [2.05, 4.69) is 0 Å². The van der Waals surface area contributed by atoms with Crippen LogP contribution in [0, 0.1) is 0 Å². The van der Waals surface area contributed by atoms with Crippen LogP contribution < -0.4 is 19.6 Å². The molecule has 0 amide bonds. The van der Waals surface area contributed by atoms with Crippen molar-refractivity contribution in [2.45, 2.75) is 31.4 Å². The maximum absolute atomic E-state index is 14.2. The number of rotatable bonds is 8. The molecule has 5 aromatic rings. The number of thiazole rings is 1. The molecule has 0 N–H and O–H groups in total. The first-order chi connectivity index (χ1) is 21.0. The number of nitrogens with zero attached hydrogens (tertiary/aromatic N) is 2. The van der Waals surface area contributed by atoms with Gasteiger partial charge in [-0.1, -0.05) is 84.1 Å². The van der Waals surface area contributed by atoms with Crippen LogP contribution in [-0.4, -0.2) is 23.4 Å². The normalized spacial score (nSPS) is 14.9.